The molecular weight excluding hydrogens is 128 g/mol. The summed E-state index contributed by atoms with van der Waals surface area (Å²) >= 11 is 0. The first-order valence-electron chi connectivity index (χ1n) is 3.73. The van der Waals surface area contributed by atoms with Gasteiger partial charge in [-0.1, -0.05) is 6.92 Å². The zero-order chi connectivity index (χ0) is 7.56. The Balaban J connectivity index is 2.49. The number of amides is 1. The van der Waals surface area contributed by atoms with E-state index in [0.717, 1.165) is 19.4 Å². The molecule has 1 fully saturated rings. The van der Waals surface area contributed by atoms with Crippen molar-refractivity contribution < 1.29 is 4.79 Å². The molecule has 58 valence electrons. The van der Waals surface area contributed by atoms with Gasteiger partial charge in [0.05, 0.1) is 6.04 Å². The summed E-state index contributed by atoms with van der Waals surface area (Å²) in [5, 5.41) is 2.76. The number of hydrogen-bond donors (Lipinski definition) is 2. The number of hydrogen-bond acceptors (Lipinski definition) is 2. The minimum Gasteiger partial charge on any atom is -0.355 e. The summed E-state index contributed by atoms with van der Waals surface area (Å²) in [6.45, 7) is 2.91. The van der Waals surface area contributed by atoms with E-state index in [1.54, 1.807) is 0 Å². The Bertz CT molecular complexity index is 136. The van der Waals surface area contributed by atoms with Gasteiger partial charge in [0.25, 0.3) is 0 Å². The third-order valence-electron chi connectivity index (χ3n) is 1.93. The largest absolute Gasteiger partial charge is 0.355 e. The van der Waals surface area contributed by atoms with E-state index in [-0.39, 0.29) is 11.9 Å². The van der Waals surface area contributed by atoms with E-state index in [1.165, 1.54) is 0 Å². The highest BCUT2D eigenvalue weighted by atomic mass is 16.2. The molecule has 0 aromatic rings. The smallest absolute Gasteiger partial charge is 0.236 e. The Hall–Kier alpha value is -0.570. The second kappa shape index (κ2) is 3.01. The summed E-state index contributed by atoms with van der Waals surface area (Å²) in [6, 6.07) is -0.280. The molecule has 3 heteroatoms. The van der Waals surface area contributed by atoms with Crippen LogP contribution in [0.3, 0.4) is 0 Å². The summed E-state index contributed by atoms with van der Waals surface area (Å²) in [6.07, 6.45) is 1.88. The predicted octanol–water partition coefficient (Wildman–Crippen LogP) is -0.140. The molecule has 3 N–H and O–H groups in total. The molecule has 0 aliphatic carbocycles. The summed E-state index contributed by atoms with van der Waals surface area (Å²) < 4.78 is 0. The normalized spacial score (nSPS) is 34.8. The highest BCUT2D eigenvalue weighted by Gasteiger charge is 2.19. The van der Waals surface area contributed by atoms with Gasteiger partial charge in [-0.15, -0.1) is 0 Å². The lowest BCUT2D eigenvalue weighted by molar-refractivity contribution is -0.122. The molecule has 3 nitrogen and oxygen atoms in total. The van der Waals surface area contributed by atoms with Gasteiger partial charge < -0.3 is 11.1 Å². The first-order chi connectivity index (χ1) is 4.70. The minimum atomic E-state index is -0.280. The first-order valence-corrected chi connectivity index (χ1v) is 3.73. The molecule has 2 atom stereocenters. The van der Waals surface area contributed by atoms with E-state index >= 15 is 0 Å². The molecule has 1 amide bonds. The average Bonchev–Trinajstić information content (AvgIpc) is 1.96. The summed E-state index contributed by atoms with van der Waals surface area (Å²) in [5.74, 6) is 0.582. The van der Waals surface area contributed by atoms with Gasteiger partial charge in [0, 0.05) is 6.54 Å². The maximum Gasteiger partial charge on any atom is 0.236 e. The lowest BCUT2D eigenvalue weighted by atomic mass is 10.0. The van der Waals surface area contributed by atoms with Crippen LogP contribution in [0.1, 0.15) is 19.8 Å². The van der Waals surface area contributed by atoms with Crippen molar-refractivity contribution in [2.45, 2.75) is 25.8 Å². The molecule has 10 heavy (non-hydrogen) atoms. The zero-order valence-corrected chi connectivity index (χ0v) is 6.26. The van der Waals surface area contributed by atoms with Gasteiger partial charge in [-0.2, -0.15) is 0 Å². The van der Waals surface area contributed by atoms with E-state index < -0.39 is 0 Å². The number of nitrogens with two attached hydrogens (primary N) is 1. The fourth-order valence-electron chi connectivity index (χ4n) is 1.23. The van der Waals surface area contributed by atoms with Crippen molar-refractivity contribution in [3.05, 3.63) is 0 Å². The second-order valence-corrected chi connectivity index (χ2v) is 3.03. The van der Waals surface area contributed by atoms with Crippen molar-refractivity contribution in [3.8, 4) is 0 Å². The number of carbonyl (C=O) groups excluding carboxylic acids is 1. The highest BCUT2D eigenvalue weighted by Crippen LogP contribution is 2.11. The van der Waals surface area contributed by atoms with E-state index in [9.17, 15) is 4.79 Å². The topological polar surface area (TPSA) is 55.1 Å². The molecule has 0 aromatic heterocycles. The van der Waals surface area contributed by atoms with Crippen LogP contribution in [-0.2, 0) is 4.79 Å². The molecule has 1 aliphatic rings. The van der Waals surface area contributed by atoms with Gasteiger partial charge in [0.15, 0.2) is 0 Å². The molecule has 0 bridgehead atoms. The summed E-state index contributed by atoms with van der Waals surface area (Å²) in [7, 11) is 0. The van der Waals surface area contributed by atoms with Gasteiger partial charge in [-0.3, -0.25) is 4.79 Å². The average molecular weight is 142 g/mol. The van der Waals surface area contributed by atoms with E-state index in [1.807, 2.05) is 0 Å². The van der Waals surface area contributed by atoms with Gasteiger partial charge in [-0.05, 0) is 18.8 Å². The molecule has 0 saturated carbocycles. The predicted molar refractivity (Wildman–Crippen MR) is 39.4 cm³/mol. The Morgan fingerprint density at radius 2 is 2.40 bits per heavy atom. The van der Waals surface area contributed by atoms with E-state index in [2.05, 4.69) is 12.2 Å². The molecule has 1 heterocycles. The lowest BCUT2D eigenvalue weighted by Gasteiger charge is -2.08. The molecule has 2 unspecified atom stereocenters. The fraction of sp³-hybridized carbons (Fsp3) is 0.857. The molecule has 0 spiro atoms. The van der Waals surface area contributed by atoms with Gasteiger partial charge in [0.2, 0.25) is 5.91 Å². The van der Waals surface area contributed by atoms with Crippen LogP contribution < -0.4 is 11.1 Å². The Kier molecular flexibility index (Phi) is 2.27. The van der Waals surface area contributed by atoms with Crippen molar-refractivity contribution in [2.75, 3.05) is 6.54 Å². The molecule has 1 aliphatic heterocycles. The third-order valence-corrected chi connectivity index (χ3v) is 1.93. The number of rotatable bonds is 0. The third kappa shape index (κ3) is 1.70. The molecule has 1 saturated heterocycles. The second-order valence-electron chi connectivity index (χ2n) is 3.03. The maximum absolute atomic E-state index is 10.9. The van der Waals surface area contributed by atoms with Crippen molar-refractivity contribution in [1.82, 2.24) is 5.32 Å². The van der Waals surface area contributed by atoms with Crippen molar-refractivity contribution in [3.63, 3.8) is 0 Å². The van der Waals surface area contributed by atoms with Crippen molar-refractivity contribution in [2.24, 2.45) is 11.7 Å². The van der Waals surface area contributed by atoms with Crippen molar-refractivity contribution in [1.29, 1.82) is 0 Å². The van der Waals surface area contributed by atoms with E-state index in [4.69, 9.17) is 5.73 Å². The molecule has 0 aromatic carbocycles. The fourth-order valence-corrected chi connectivity index (χ4v) is 1.23. The quantitative estimate of drug-likeness (QED) is 0.494. The van der Waals surface area contributed by atoms with Crippen LogP contribution >= 0.6 is 0 Å². The molecular formula is C7H14N2O. The Labute approximate surface area is 61.0 Å². The number of nitrogens with one attached hydrogen (secondary N) is 1. The van der Waals surface area contributed by atoms with Crippen molar-refractivity contribution >= 4 is 5.91 Å². The maximum atomic E-state index is 10.9. The van der Waals surface area contributed by atoms with Crippen LogP contribution in [0, 0.1) is 5.92 Å². The van der Waals surface area contributed by atoms with Gasteiger partial charge in [0.1, 0.15) is 0 Å². The van der Waals surface area contributed by atoms with Crippen LogP contribution in [-0.4, -0.2) is 18.5 Å². The van der Waals surface area contributed by atoms with Crippen LogP contribution in [0.4, 0.5) is 0 Å². The lowest BCUT2D eigenvalue weighted by Crippen LogP contribution is -2.38. The number of carbonyl (C=O) groups is 1. The summed E-state index contributed by atoms with van der Waals surface area (Å²) in [5.41, 5.74) is 5.56. The van der Waals surface area contributed by atoms with Crippen LogP contribution in [0.5, 0.6) is 0 Å². The zero-order valence-electron chi connectivity index (χ0n) is 6.26. The molecule has 0 radical (unpaired) electrons. The van der Waals surface area contributed by atoms with Gasteiger partial charge in [-0.25, -0.2) is 0 Å². The minimum absolute atomic E-state index is 0.00403. The SMILES string of the molecule is CC1CCNC(=O)C(N)C1. The Morgan fingerprint density at radius 1 is 1.70 bits per heavy atom. The van der Waals surface area contributed by atoms with E-state index in [0.29, 0.717) is 5.92 Å². The Morgan fingerprint density at radius 3 is 3.10 bits per heavy atom. The highest BCUT2D eigenvalue weighted by molar-refractivity contribution is 5.81. The molecule has 1 rings (SSSR count). The standard InChI is InChI=1S/C7H14N2O/c1-5-2-3-9-7(10)6(8)4-5/h5-6H,2-4,8H2,1H3,(H,9,10). The first kappa shape index (κ1) is 7.54. The van der Waals surface area contributed by atoms with Gasteiger partial charge >= 0.3 is 0 Å². The van der Waals surface area contributed by atoms with Crippen LogP contribution in [0.2, 0.25) is 0 Å². The summed E-state index contributed by atoms with van der Waals surface area (Å²) in [4.78, 5) is 10.9. The van der Waals surface area contributed by atoms with Crippen LogP contribution in [0.15, 0.2) is 0 Å². The monoisotopic (exact) mass is 142 g/mol. The van der Waals surface area contributed by atoms with Crippen LogP contribution in [0.25, 0.3) is 0 Å².